The number of hydrogen-bond donors (Lipinski definition) is 2. The molecule has 2 amide bonds. The summed E-state index contributed by atoms with van der Waals surface area (Å²) in [5, 5.41) is 2.86. The van der Waals surface area contributed by atoms with Crippen LogP contribution in [-0.2, 0) is 11.2 Å². The second-order valence-corrected chi connectivity index (χ2v) is 9.17. The topological polar surface area (TPSA) is 90.6 Å². The van der Waals surface area contributed by atoms with Crippen molar-refractivity contribution in [1.82, 2.24) is 14.9 Å². The van der Waals surface area contributed by atoms with E-state index in [0.717, 1.165) is 52.6 Å². The molecule has 190 valence electrons. The number of nitrogens with one attached hydrogen (secondary N) is 2. The molecule has 3 aromatic carbocycles. The molecular weight excluding hydrogens is 466 g/mol. The lowest BCUT2D eigenvalue weighted by atomic mass is 10.1. The Kier molecular flexibility index (Phi) is 7.07. The van der Waals surface area contributed by atoms with Crippen LogP contribution in [0.15, 0.2) is 66.7 Å². The number of carbonyl (C=O) groups is 2. The number of hydrogen-bond acceptors (Lipinski definition) is 5. The lowest BCUT2D eigenvalue weighted by Crippen LogP contribution is -2.48. The number of benzene rings is 3. The Balaban J connectivity index is 1.22. The second-order valence-electron chi connectivity index (χ2n) is 9.17. The number of imidazole rings is 1. The summed E-state index contributed by atoms with van der Waals surface area (Å²) < 4.78 is 5.34. The largest absolute Gasteiger partial charge is 0.497 e. The van der Waals surface area contributed by atoms with E-state index < -0.39 is 0 Å². The quantitative estimate of drug-likeness (QED) is 0.393. The zero-order chi connectivity index (χ0) is 25.8. The summed E-state index contributed by atoms with van der Waals surface area (Å²) in [7, 11) is 1.67. The van der Waals surface area contributed by atoms with Gasteiger partial charge in [0.25, 0.3) is 5.91 Å². The van der Waals surface area contributed by atoms with Gasteiger partial charge < -0.3 is 24.8 Å². The van der Waals surface area contributed by atoms with Crippen molar-refractivity contribution < 1.29 is 14.3 Å². The summed E-state index contributed by atoms with van der Waals surface area (Å²) in [6.45, 7) is 4.70. The van der Waals surface area contributed by atoms with E-state index in [1.807, 2.05) is 72.5 Å². The third kappa shape index (κ3) is 5.58. The van der Waals surface area contributed by atoms with Gasteiger partial charge in [-0.15, -0.1) is 0 Å². The van der Waals surface area contributed by atoms with Gasteiger partial charge in [0.05, 0.1) is 18.1 Å². The molecule has 0 atom stereocenters. The summed E-state index contributed by atoms with van der Waals surface area (Å²) in [5.41, 5.74) is 5.32. The first-order chi connectivity index (χ1) is 18.0. The van der Waals surface area contributed by atoms with Gasteiger partial charge >= 0.3 is 0 Å². The van der Waals surface area contributed by atoms with Crippen LogP contribution in [-0.4, -0.2) is 60.0 Å². The molecule has 1 aromatic heterocycles. The average Bonchev–Trinajstić information content (AvgIpc) is 3.35. The van der Waals surface area contributed by atoms with Crippen LogP contribution in [0.3, 0.4) is 0 Å². The van der Waals surface area contributed by atoms with Crippen molar-refractivity contribution in [2.75, 3.05) is 43.5 Å². The smallest absolute Gasteiger partial charge is 0.254 e. The number of methoxy groups -OCH3 is 1. The number of aromatic amines is 1. The van der Waals surface area contributed by atoms with Crippen LogP contribution in [0.5, 0.6) is 5.75 Å². The van der Waals surface area contributed by atoms with Gasteiger partial charge in [0.2, 0.25) is 5.91 Å². The monoisotopic (exact) mass is 497 g/mol. The van der Waals surface area contributed by atoms with Gasteiger partial charge in [0, 0.05) is 62.0 Å². The predicted octanol–water partition coefficient (Wildman–Crippen LogP) is 4.47. The zero-order valence-corrected chi connectivity index (χ0v) is 21.2. The normalized spacial score (nSPS) is 13.6. The maximum absolute atomic E-state index is 13.2. The number of anilines is 2. The number of carbonyl (C=O) groups excluding carboxylic acids is 2. The maximum Gasteiger partial charge on any atom is 0.254 e. The molecule has 0 aliphatic carbocycles. The molecule has 1 fully saturated rings. The number of amides is 2. The molecule has 0 bridgehead atoms. The van der Waals surface area contributed by atoms with Crippen molar-refractivity contribution in [3.8, 4) is 5.75 Å². The van der Waals surface area contributed by atoms with Crippen molar-refractivity contribution in [2.45, 2.75) is 19.8 Å². The number of fused-ring (bicyclic) bond motifs is 1. The molecule has 4 aromatic rings. The Morgan fingerprint density at radius 2 is 1.78 bits per heavy atom. The van der Waals surface area contributed by atoms with Gasteiger partial charge in [-0.1, -0.05) is 25.1 Å². The minimum atomic E-state index is -0.00544. The summed E-state index contributed by atoms with van der Waals surface area (Å²) in [6.07, 6.45) is 1.08. The minimum absolute atomic E-state index is 0.00544. The fraction of sp³-hybridized carbons (Fsp3) is 0.276. The first kappa shape index (κ1) is 24.4. The van der Waals surface area contributed by atoms with Crippen LogP contribution in [0.2, 0.25) is 0 Å². The van der Waals surface area contributed by atoms with E-state index in [4.69, 9.17) is 9.72 Å². The standard InChI is InChI=1S/C29H31N5O3/c1-3-28(35)30-22-10-7-20(8-11-22)17-27-31-25-12-9-21(18-26(25)32-27)29(36)34-15-13-33(14-16-34)23-5-4-6-24(19-23)37-2/h4-12,18-19H,3,13-17H2,1-2H3,(H,30,35)(H,31,32). The Labute approximate surface area is 216 Å². The predicted molar refractivity (Wildman–Crippen MR) is 145 cm³/mol. The van der Waals surface area contributed by atoms with Crippen LogP contribution in [0.25, 0.3) is 11.0 Å². The number of nitrogens with zero attached hydrogens (tertiary/aromatic N) is 3. The highest BCUT2D eigenvalue weighted by Crippen LogP contribution is 2.23. The molecule has 2 N–H and O–H groups in total. The summed E-state index contributed by atoms with van der Waals surface area (Å²) in [4.78, 5) is 37.1. The van der Waals surface area contributed by atoms with Gasteiger partial charge in [-0.3, -0.25) is 9.59 Å². The molecule has 1 aliphatic rings. The van der Waals surface area contributed by atoms with Crippen LogP contribution in [0.1, 0.15) is 35.1 Å². The molecule has 1 saturated heterocycles. The van der Waals surface area contributed by atoms with Crippen molar-refractivity contribution in [2.24, 2.45) is 0 Å². The summed E-state index contributed by atoms with van der Waals surface area (Å²) in [5.74, 6) is 1.69. The Morgan fingerprint density at radius 1 is 1.00 bits per heavy atom. The number of piperazine rings is 1. The van der Waals surface area contributed by atoms with E-state index in [2.05, 4.69) is 21.3 Å². The molecule has 1 aliphatic heterocycles. The highest BCUT2D eigenvalue weighted by molar-refractivity contribution is 5.97. The summed E-state index contributed by atoms with van der Waals surface area (Å²) >= 11 is 0. The molecule has 2 heterocycles. The van der Waals surface area contributed by atoms with Crippen molar-refractivity contribution in [3.05, 3.63) is 83.7 Å². The first-order valence-corrected chi connectivity index (χ1v) is 12.6. The Hall–Kier alpha value is -4.33. The number of rotatable bonds is 7. The third-order valence-corrected chi connectivity index (χ3v) is 6.69. The van der Waals surface area contributed by atoms with Crippen molar-refractivity contribution >= 4 is 34.2 Å². The van der Waals surface area contributed by atoms with Gasteiger partial charge in [-0.2, -0.15) is 0 Å². The first-order valence-electron chi connectivity index (χ1n) is 12.6. The molecule has 0 radical (unpaired) electrons. The van der Waals surface area contributed by atoms with Gasteiger partial charge in [-0.25, -0.2) is 4.98 Å². The fourth-order valence-corrected chi connectivity index (χ4v) is 4.59. The third-order valence-electron chi connectivity index (χ3n) is 6.69. The van der Waals surface area contributed by atoms with E-state index in [0.29, 0.717) is 31.5 Å². The molecule has 37 heavy (non-hydrogen) atoms. The molecule has 0 unspecified atom stereocenters. The average molecular weight is 498 g/mol. The van der Waals surface area contributed by atoms with Gasteiger partial charge in [0.1, 0.15) is 11.6 Å². The summed E-state index contributed by atoms with van der Waals surface area (Å²) in [6, 6.07) is 21.4. The zero-order valence-electron chi connectivity index (χ0n) is 21.2. The molecule has 0 saturated carbocycles. The van der Waals surface area contributed by atoms with Crippen LogP contribution < -0.4 is 15.0 Å². The molecule has 8 nitrogen and oxygen atoms in total. The molecule has 8 heteroatoms. The van der Waals surface area contributed by atoms with Crippen LogP contribution >= 0.6 is 0 Å². The van der Waals surface area contributed by atoms with Crippen LogP contribution in [0.4, 0.5) is 11.4 Å². The van der Waals surface area contributed by atoms with E-state index in [9.17, 15) is 9.59 Å². The van der Waals surface area contributed by atoms with E-state index in [-0.39, 0.29) is 11.8 Å². The number of aromatic nitrogens is 2. The van der Waals surface area contributed by atoms with Gasteiger partial charge in [-0.05, 0) is 48.0 Å². The van der Waals surface area contributed by atoms with E-state index in [1.165, 1.54) is 0 Å². The SMILES string of the molecule is CCC(=O)Nc1ccc(Cc2nc3ccc(C(=O)N4CCN(c5cccc(OC)c5)CC4)cc3[nH]2)cc1. The lowest BCUT2D eigenvalue weighted by molar-refractivity contribution is -0.115. The van der Waals surface area contributed by atoms with Crippen molar-refractivity contribution in [3.63, 3.8) is 0 Å². The lowest BCUT2D eigenvalue weighted by Gasteiger charge is -2.36. The molecule has 5 rings (SSSR count). The number of ether oxygens (including phenoxy) is 1. The Bertz CT molecular complexity index is 1400. The van der Waals surface area contributed by atoms with E-state index in [1.54, 1.807) is 7.11 Å². The fourth-order valence-electron chi connectivity index (χ4n) is 4.59. The minimum Gasteiger partial charge on any atom is -0.497 e. The Morgan fingerprint density at radius 3 is 2.51 bits per heavy atom. The molecular formula is C29H31N5O3. The van der Waals surface area contributed by atoms with Crippen LogP contribution in [0, 0.1) is 0 Å². The second kappa shape index (κ2) is 10.7. The number of H-pyrrole nitrogens is 1. The molecule has 0 spiro atoms. The highest BCUT2D eigenvalue weighted by atomic mass is 16.5. The van der Waals surface area contributed by atoms with E-state index >= 15 is 0 Å². The van der Waals surface area contributed by atoms with Gasteiger partial charge in [0.15, 0.2) is 0 Å². The highest BCUT2D eigenvalue weighted by Gasteiger charge is 2.23. The maximum atomic E-state index is 13.2. The van der Waals surface area contributed by atoms with Crippen molar-refractivity contribution in [1.29, 1.82) is 0 Å².